The molecule has 1 aliphatic rings. The monoisotopic (exact) mass is 284 g/mol. The molecular formula is C13H17ClN2O3. The highest BCUT2D eigenvalue weighted by atomic mass is 35.5. The Balaban J connectivity index is 2.16. The number of halogens is 1. The lowest BCUT2D eigenvalue weighted by molar-refractivity contribution is -0.139. The van der Waals surface area contributed by atoms with Gasteiger partial charge < -0.3 is 14.7 Å². The summed E-state index contributed by atoms with van der Waals surface area (Å²) in [7, 11) is 0. The van der Waals surface area contributed by atoms with E-state index in [4.69, 9.17) is 16.3 Å². The van der Waals surface area contributed by atoms with Gasteiger partial charge in [0, 0.05) is 19.3 Å². The van der Waals surface area contributed by atoms with Gasteiger partial charge in [-0.1, -0.05) is 11.6 Å². The smallest absolute Gasteiger partial charge is 0.255 e. The summed E-state index contributed by atoms with van der Waals surface area (Å²) >= 11 is 5.70. The topological polar surface area (TPSA) is 62.7 Å². The van der Waals surface area contributed by atoms with Gasteiger partial charge in [0.05, 0.1) is 23.9 Å². The van der Waals surface area contributed by atoms with Gasteiger partial charge in [-0.25, -0.2) is 4.98 Å². The molecule has 0 bridgehead atoms. The molecule has 1 saturated heterocycles. The Hall–Kier alpha value is -1.17. The van der Waals surface area contributed by atoms with Crippen molar-refractivity contribution in [2.75, 3.05) is 19.7 Å². The van der Waals surface area contributed by atoms with Gasteiger partial charge in [-0.3, -0.25) is 4.79 Å². The van der Waals surface area contributed by atoms with Crippen LogP contribution in [0.4, 0.5) is 0 Å². The van der Waals surface area contributed by atoms with Crippen molar-refractivity contribution in [3.8, 4) is 0 Å². The Morgan fingerprint density at radius 2 is 2.37 bits per heavy atom. The van der Waals surface area contributed by atoms with E-state index in [2.05, 4.69) is 4.98 Å². The molecule has 104 valence electrons. The number of carbonyl (C=O) groups is 1. The summed E-state index contributed by atoms with van der Waals surface area (Å²) in [6.07, 6.45) is 1.11. The maximum Gasteiger partial charge on any atom is 0.255 e. The molecule has 1 amide bonds. The summed E-state index contributed by atoms with van der Waals surface area (Å²) in [6.45, 7) is 4.54. The molecule has 0 radical (unpaired) electrons. The zero-order valence-electron chi connectivity index (χ0n) is 11.0. The number of aliphatic hydroxyl groups excluding tert-OH is 1. The minimum Gasteiger partial charge on any atom is -0.394 e. The van der Waals surface area contributed by atoms with Crippen molar-refractivity contribution in [3.63, 3.8) is 0 Å². The average molecular weight is 285 g/mol. The van der Waals surface area contributed by atoms with Crippen molar-refractivity contribution in [2.24, 2.45) is 0 Å². The molecule has 0 spiro atoms. The number of morpholine rings is 1. The number of aliphatic hydroxyl groups is 1. The zero-order valence-corrected chi connectivity index (χ0v) is 11.7. The Labute approximate surface area is 117 Å². The first-order chi connectivity index (χ1) is 8.91. The van der Waals surface area contributed by atoms with Crippen LogP contribution in [0.3, 0.4) is 0 Å². The van der Waals surface area contributed by atoms with E-state index in [1.54, 1.807) is 17.0 Å². The van der Waals surface area contributed by atoms with Crippen LogP contribution in [-0.2, 0) is 4.74 Å². The maximum atomic E-state index is 12.4. The first-order valence-corrected chi connectivity index (χ1v) is 6.48. The molecule has 0 aliphatic carbocycles. The molecule has 0 aromatic carbocycles. The standard InChI is InChI=1S/C13H17ClN2O3/c1-13(2)8-16(6-10(7-17)19-13)12(18)9-3-4-11(14)15-5-9/h3-5,10,17H,6-8H2,1-2H3. The molecule has 6 heteroatoms. The molecule has 2 heterocycles. The number of pyridine rings is 1. The van der Waals surface area contributed by atoms with Gasteiger partial charge in [-0.2, -0.15) is 0 Å². The average Bonchev–Trinajstić information content (AvgIpc) is 2.37. The van der Waals surface area contributed by atoms with E-state index < -0.39 is 5.60 Å². The maximum absolute atomic E-state index is 12.4. The fraction of sp³-hybridized carbons (Fsp3) is 0.538. The summed E-state index contributed by atoms with van der Waals surface area (Å²) in [5.41, 5.74) is 0.0139. The number of nitrogens with zero attached hydrogens (tertiary/aromatic N) is 2. The summed E-state index contributed by atoms with van der Waals surface area (Å²) in [5.74, 6) is -0.126. The van der Waals surface area contributed by atoms with Crippen LogP contribution in [-0.4, -0.2) is 52.3 Å². The molecule has 2 rings (SSSR count). The highest BCUT2D eigenvalue weighted by Crippen LogP contribution is 2.22. The van der Waals surface area contributed by atoms with Gasteiger partial charge in [-0.05, 0) is 26.0 Å². The molecule has 1 aromatic heterocycles. The van der Waals surface area contributed by atoms with E-state index in [1.165, 1.54) is 6.20 Å². The van der Waals surface area contributed by atoms with Crippen molar-refractivity contribution in [3.05, 3.63) is 29.0 Å². The van der Waals surface area contributed by atoms with Crippen LogP contribution in [0, 0.1) is 0 Å². The van der Waals surface area contributed by atoms with Gasteiger partial charge in [0.2, 0.25) is 0 Å². The number of ether oxygens (including phenoxy) is 1. The SMILES string of the molecule is CC1(C)CN(C(=O)c2ccc(Cl)nc2)CC(CO)O1. The van der Waals surface area contributed by atoms with Crippen LogP contribution in [0.1, 0.15) is 24.2 Å². The second kappa shape index (κ2) is 5.45. The summed E-state index contributed by atoms with van der Waals surface area (Å²) in [6, 6.07) is 3.23. The Bertz CT molecular complexity index is 461. The van der Waals surface area contributed by atoms with Gasteiger partial charge in [0.25, 0.3) is 5.91 Å². The molecule has 1 aliphatic heterocycles. The van der Waals surface area contributed by atoms with Crippen molar-refractivity contribution >= 4 is 17.5 Å². The van der Waals surface area contributed by atoms with Gasteiger partial charge in [0.15, 0.2) is 0 Å². The molecule has 1 fully saturated rings. The number of aromatic nitrogens is 1. The predicted octanol–water partition coefficient (Wildman–Crippen LogP) is 1.35. The Morgan fingerprint density at radius 1 is 1.63 bits per heavy atom. The summed E-state index contributed by atoms with van der Waals surface area (Å²) in [5, 5.41) is 9.59. The number of hydrogen-bond donors (Lipinski definition) is 1. The van der Waals surface area contributed by atoms with E-state index >= 15 is 0 Å². The van der Waals surface area contributed by atoms with E-state index in [0.717, 1.165) is 0 Å². The van der Waals surface area contributed by atoms with Crippen LogP contribution in [0.2, 0.25) is 5.15 Å². The first-order valence-electron chi connectivity index (χ1n) is 6.11. The highest BCUT2D eigenvalue weighted by molar-refractivity contribution is 6.29. The lowest BCUT2D eigenvalue weighted by atomic mass is 10.0. The van der Waals surface area contributed by atoms with Crippen LogP contribution >= 0.6 is 11.6 Å². The minimum absolute atomic E-state index is 0.105. The van der Waals surface area contributed by atoms with Crippen molar-refractivity contribution in [1.82, 2.24) is 9.88 Å². The molecular weight excluding hydrogens is 268 g/mol. The molecule has 0 saturated carbocycles. The molecule has 1 unspecified atom stereocenters. The van der Waals surface area contributed by atoms with E-state index in [1.807, 2.05) is 13.8 Å². The van der Waals surface area contributed by atoms with Crippen molar-refractivity contribution < 1.29 is 14.6 Å². The third kappa shape index (κ3) is 3.43. The normalized spacial score (nSPS) is 22.3. The Kier molecular flexibility index (Phi) is 4.08. The quantitative estimate of drug-likeness (QED) is 0.833. The molecule has 5 nitrogen and oxygen atoms in total. The number of carbonyl (C=O) groups excluding carboxylic acids is 1. The second-order valence-corrected chi connectivity index (χ2v) is 5.62. The molecule has 1 aromatic rings. The minimum atomic E-state index is -0.471. The van der Waals surface area contributed by atoms with E-state index in [9.17, 15) is 9.90 Å². The number of amides is 1. The Morgan fingerprint density at radius 3 is 2.95 bits per heavy atom. The zero-order chi connectivity index (χ0) is 14.0. The number of rotatable bonds is 2. The second-order valence-electron chi connectivity index (χ2n) is 5.24. The summed E-state index contributed by atoms with van der Waals surface area (Å²) < 4.78 is 5.68. The van der Waals surface area contributed by atoms with Gasteiger partial charge in [-0.15, -0.1) is 0 Å². The molecule has 19 heavy (non-hydrogen) atoms. The predicted molar refractivity (Wildman–Crippen MR) is 71.2 cm³/mol. The van der Waals surface area contributed by atoms with Crippen molar-refractivity contribution in [1.29, 1.82) is 0 Å². The fourth-order valence-electron chi connectivity index (χ4n) is 2.23. The highest BCUT2D eigenvalue weighted by Gasteiger charge is 2.35. The van der Waals surface area contributed by atoms with Crippen LogP contribution in [0.5, 0.6) is 0 Å². The molecule has 1 N–H and O–H groups in total. The first kappa shape index (κ1) is 14.2. The summed E-state index contributed by atoms with van der Waals surface area (Å²) in [4.78, 5) is 17.9. The lowest BCUT2D eigenvalue weighted by Crippen LogP contribution is -2.55. The van der Waals surface area contributed by atoms with E-state index in [0.29, 0.717) is 23.8 Å². The van der Waals surface area contributed by atoms with E-state index in [-0.39, 0.29) is 18.6 Å². The fourth-order valence-corrected chi connectivity index (χ4v) is 2.34. The largest absolute Gasteiger partial charge is 0.394 e. The third-order valence-corrected chi connectivity index (χ3v) is 3.17. The van der Waals surface area contributed by atoms with Crippen molar-refractivity contribution in [2.45, 2.75) is 25.6 Å². The molecule has 1 atom stereocenters. The van der Waals surface area contributed by atoms with Gasteiger partial charge >= 0.3 is 0 Å². The van der Waals surface area contributed by atoms with Crippen LogP contribution in [0.15, 0.2) is 18.3 Å². The van der Waals surface area contributed by atoms with Crippen LogP contribution < -0.4 is 0 Å². The lowest BCUT2D eigenvalue weighted by Gasteiger charge is -2.42. The number of hydrogen-bond acceptors (Lipinski definition) is 4. The third-order valence-electron chi connectivity index (χ3n) is 2.95. The van der Waals surface area contributed by atoms with Gasteiger partial charge in [0.1, 0.15) is 5.15 Å². The van der Waals surface area contributed by atoms with Crippen LogP contribution in [0.25, 0.3) is 0 Å².